The predicted octanol–water partition coefficient (Wildman–Crippen LogP) is 1.38. The van der Waals surface area contributed by atoms with Gasteiger partial charge in [0.25, 0.3) is 5.91 Å². The smallest absolute Gasteiger partial charge is 0.255 e. The molecule has 0 spiro atoms. The lowest BCUT2D eigenvalue weighted by Gasteiger charge is -2.50. The molecule has 11 nitrogen and oxygen atoms in total. The summed E-state index contributed by atoms with van der Waals surface area (Å²) in [5, 5.41) is 45.3. The van der Waals surface area contributed by atoms with Crippen LogP contribution in [0.25, 0.3) is 0 Å². The van der Waals surface area contributed by atoms with E-state index in [0.29, 0.717) is 29.3 Å². The van der Waals surface area contributed by atoms with Crippen LogP contribution in [-0.4, -0.2) is 99.7 Å². The van der Waals surface area contributed by atoms with Crippen molar-refractivity contribution in [2.45, 2.75) is 49.9 Å². The van der Waals surface area contributed by atoms with Crippen LogP contribution in [0.15, 0.2) is 28.7 Å². The normalized spacial score (nSPS) is 30.6. The Kier molecular flexibility index (Phi) is 7.25. The Bertz CT molecular complexity index is 1370. The monoisotopic (exact) mass is 575 g/mol. The second-order valence-corrected chi connectivity index (χ2v) is 11.8. The van der Waals surface area contributed by atoms with E-state index in [1.165, 1.54) is 11.0 Å². The second kappa shape index (κ2) is 10.1. The predicted molar refractivity (Wildman–Crippen MR) is 144 cm³/mol. The molecule has 1 amide bonds. The number of likely N-dealkylation sites (N-methyl/N-ethyl adjacent to an activating group) is 1. The van der Waals surface area contributed by atoms with E-state index < -0.39 is 58.0 Å². The number of carbonyl (C=O) groups is 3. The number of likely N-dealkylation sites (tertiary alicyclic amines) is 1. The molecule has 0 aromatic heterocycles. The largest absolute Gasteiger partial charge is 0.510 e. The highest BCUT2D eigenvalue weighted by atomic mass is 35.5. The molecule has 0 bridgehead atoms. The van der Waals surface area contributed by atoms with Gasteiger partial charge >= 0.3 is 0 Å². The molecule has 0 radical (unpaired) electrons. The van der Waals surface area contributed by atoms with Gasteiger partial charge in [-0.1, -0.05) is 11.6 Å². The number of primary amides is 1. The molecule has 1 aromatic carbocycles. The zero-order chi connectivity index (χ0) is 29.3. The highest BCUT2D eigenvalue weighted by Crippen LogP contribution is 2.53. The quantitative estimate of drug-likeness (QED) is 0.312. The highest BCUT2D eigenvalue weighted by molar-refractivity contribution is 6.33. The number of benzene rings is 1. The Morgan fingerprint density at radius 3 is 2.60 bits per heavy atom. The van der Waals surface area contributed by atoms with E-state index in [2.05, 4.69) is 4.90 Å². The van der Waals surface area contributed by atoms with Gasteiger partial charge in [-0.25, -0.2) is 0 Å². The fourth-order valence-electron chi connectivity index (χ4n) is 7.17. The number of rotatable bonds is 6. The Morgan fingerprint density at radius 2 is 1.98 bits per heavy atom. The summed E-state index contributed by atoms with van der Waals surface area (Å²) >= 11 is 6.87. The third-order valence-corrected chi connectivity index (χ3v) is 9.43. The number of methoxy groups -OCH3 is 1. The first-order valence-corrected chi connectivity index (χ1v) is 13.6. The van der Waals surface area contributed by atoms with Crippen LogP contribution >= 0.6 is 11.6 Å². The summed E-state index contributed by atoms with van der Waals surface area (Å²) in [7, 11) is 4.82. The summed E-state index contributed by atoms with van der Waals surface area (Å²) in [6.45, 7) is 1.86. The van der Waals surface area contributed by atoms with Crippen LogP contribution in [0.2, 0.25) is 5.02 Å². The Hall–Kier alpha value is -2.96. The molecule has 0 unspecified atom stereocenters. The van der Waals surface area contributed by atoms with Gasteiger partial charge < -0.3 is 30.9 Å². The van der Waals surface area contributed by atoms with Gasteiger partial charge in [0.15, 0.2) is 11.4 Å². The number of carbonyl (C=O) groups excluding carboxylic acids is 3. The Labute approximate surface area is 236 Å². The summed E-state index contributed by atoms with van der Waals surface area (Å²) < 4.78 is 5.34. The number of amides is 1. The standard InChI is InChI=1S/C28H34ClN3O8/c1-31(2)22-16-8-12-7-15-19(17(33)9-13(21(15)29)10-32-6-4-5-14(32)11-40-3)23(34)18(12)25(36)28(16,39)26(37)20(24(22)35)27(30)38/h9,12,14,16,22,33,35-36,39H,4-8,10-11H2,1-3H3,(H2,30,38)/t12-,14-,16-,22-,28-/m0/s1. The topological polar surface area (TPSA) is 174 Å². The molecule has 0 saturated carbocycles. The molecule has 1 aliphatic heterocycles. The fourth-order valence-corrected chi connectivity index (χ4v) is 7.46. The molecule has 4 aliphatic rings. The van der Waals surface area contributed by atoms with Gasteiger partial charge in [-0.3, -0.25) is 24.2 Å². The maximum Gasteiger partial charge on any atom is 0.255 e. The van der Waals surface area contributed by atoms with Crippen molar-refractivity contribution in [2.24, 2.45) is 17.6 Å². The van der Waals surface area contributed by atoms with E-state index in [-0.39, 0.29) is 35.8 Å². The van der Waals surface area contributed by atoms with Crippen LogP contribution in [0.3, 0.4) is 0 Å². The van der Waals surface area contributed by atoms with Crippen LogP contribution in [0, 0.1) is 11.8 Å². The van der Waals surface area contributed by atoms with Crippen molar-refractivity contribution in [3.05, 3.63) is 50.4 Å². The van der Waals surface area contributed by atoms with Gasteiger partial charge in [0.05, 0.1) is 18.2 Å². The first-order valence-electron chi connectivity index (χ1n) is 13.2. The number of nitrogens with zero attached hydrogens (tertiary/aromatic N) is 2. The first-order chi connectivity index (χ1) is 18.8. The number of allylic oxidation sites excluding steroid dienone is 1. The van der Waals surface area contributed by atoms with Gasteiger partial charge in [-0.15, -0.1) is 0 Å². The zero-order valence-corrected chi connectivity index (χ0v) is 23.4. The number of aromatic hydroxyl groups is 1. The number of fused-ring (bicyclic) bond motifs is 3. The van der Waals surface area contributed by atoms with Crippen molar-refractivity contribution in [2.75, 3.05) is 34.4 Å². The number of ether oxygens (including phenoxy) is 1. The van der Waals surface area contributed by atoms with Crippen LogP contribution in [0.1, 0.15) is 40.7 Å². The fraction of sp³-hybridized carbons (Fsp3) is 0.536. The van der Waals surface area contributed by atoms with Gasteiger partial charge in [0, 0.05) is 36.2 Å². The molecule has 1 aromatic rings. The molecule has 6 N–H and O–H groups in total. The Balaban J connectivity index is 1.60. The molecule has 3 aliphatic carbocycles. The second-order valence-electron chi connectivity index (χ2n) is 11.4. The molecule has 40 heavy (non-hydrogen) atoms. The number of Topliss-reactive ketones (excluding diaryl/α,β-unsaturated/α-hetero) is 2. The molecule has 5 atom stereocenters. The molecule has 216 valence electrons. The molecule has 5 rings (SSSR count). The number of ketones is 2. The lowest BCUT2D eigenvalue weighted by molar-refractivity contribution is -0.148. The lowest BCUT2D eigenvalue weighted by Crippen LogP contribution is -2.63. The number of aliphatic hydroxyl groups excluding tert-OH is 2. The average molecular weight is 576 g/mol. The van der Waals surface area contributed by atoms with Crippen molar-refractivity contribution in [3.63, 3.8) is 0 Å². The van der Waals surface area contributed by atoms with Gasteiger partial charge in [-0.05, 0) is 69.4 Å². The van der Waals surface area contributed by atoms with Crippen LogP contribution < -0.4 is 5.73 Å². The molecular weight excluding hydrogens is 542 g/mol. The average Bonchev–Trinajstić information content (AvgIpc) is 3.30. The Morgan fingerprint density at radius 1 is 1.27 bits per heavy atom. The van der Waals surface area contributed by atoms with Gasteiger partial charge in [0.1, 0.15) is 22.8 Å². The van der Waals surface area contributed by atoms with E-state index in [1.54, 1.807) is 21.2 Å². The summed E-state index contributed by atoms with van der Waals surface area (Å²) in [5.74, 6) is -6.86. The number of hydrogen-bond acceptors (Lipinski definition) is 10. The molecule has 12 heteroatoms. The molecule has 1 fully saturated rings. The van der Waals surface area contributed by atoms with Crippen molar-refractivity contribution < 1.29 is 39.5 Å². The van der Waals surface area contributed by atoms with E-state index in [0.717, 1.165) is 19.4 Å². The molecular formula is C28H34ClN3O8. The first kappa shape index (κ1) is 28.6. The summed E-state index contributed by atoms with van der Waals surface area (Å²) in [5.41, 5.74) is 2.64. The minimum atomic E-state index is -2.67. The molecule has 1 saturated heterocycles. The van der Waals surface area contributed by atoms with Gasteiger partial charge in [-0.2, -0.15) is 0 Å². The van der Waals surface area contributed by atoms with Crippen LogP contribution in [0.5, 0.6) is 5.75 Å². The van der Waals surface area contributed by atoms with Crippen molar-refractivity contribution in [1.82, 2.24) is 9.80 Å². The number of phenolic OH excluding ortho intramolecular Hbond substituents is 1. The number of halogens is 1. The summed E-state index contributed by atoms with van der Waals surface area (Å²) in [4.78, 5) is 43.0. The highest BCUT2D eigenvalue weighted by Gasteiger charge is 2.63. The summed E-state index contributed by atoms with van der Waals surface area (Å²) in [6.07, 6.45) is 2.14. The number of aliphatic hydroxyl groups is 3. The number of nitrogens with two attached hydrogens (primary N) is 1. The SMILES string of the molecule is COC[C@@H]1CCCN1Cc1cc(O)c2c(c1Cl)C[C@H]1C[C@H]3[C@H](N(C)C)C(O)=C(C(N)=O)C(=O)[C@@]3(O)C(O)=C1C2=O. The van der Waals surface area contributed by atoms with E-state index >= 15 is 0 Å². The van der Waals surface area contributed by atoms with Gasteiger partial charge in [0.2, 0.25) is 5.78 Å². The van der Waals surface area contributed by atoms with Crippen molar-refractivity contribution in [1.29, 1.82) is 0 Å². The maximum absolute atomic E-state index is 13.8. The maximum atomic E-state index is 13.8. The van der Waals surface area contributed by atoms with Crippen LogP contribution in [-0.2, 0) is 27.3 Å². The van der Waals surface area contributed by atoms with Crippen LogP contribution in [0.4, 0.5) is 0 Å². The van der Waals surface area contributed by atoms with Crippen molar-refractivity contribution >= 4 is 29.1 Å². The number of hydrogen-bond donors (Lipinski definition) is 5. The third-order valence-electron chi connectivity index (χ3n) is 8.96. The van der Waals surface area contributed by atoms with E-state index in [9.17, 15) is 34.8 Å². The summed E-state index contributed by atoms with van der Waals surface area (Å²) in [6, 6.07) is 0.606. The minimum absolute atomic E-state index is 0.00905. The van der Waals surface area contributed by atoms with E-state index in [1.807, 2.05) is 0 Å². The lowest BCUT2D eigenvalue weighted by atomic mass is 9.58. The number of phenols is 1. The zero-order valence-electron chi connectivity index (χ0n) is 22.6. The van der Waals surface area contributed by atoms with E-state index in [4.69, 9.17) is 22.1 Å². The minimum Gasteiger partial charge on any atom is -0.510 e. The molecule has 1 heterocycles. The third kappa shape index (κ3) is 4.06. The van der Waals surface area contributed by atoms with Crippen molar-refractivity contribution in [3.8, 4) is 5.75 Å².